The molecule has 3 rings (SSSR count). The fraction of sp³-hybridized carbons (Fsp3) is 0.143. The smallest absolute Gasteiger partial charge is 0.289 e. The number of nitrogens with one attached hydrogen (secondary N) is 1. The van der Waals surface area contributed by atoms with E-state index in [9.17, 15) is 5.26 Å². The highest BCUT2D eigenvalue weighted by Crippen LogP contribution is 2.35. The van der Waals surface area contributed by atoms with Crippen LogP contribution in [0.2, 0.25) is 0 Å². The Kier molecular flexibility index (Phi) is 4.76. The van der Waals surface area contributed by atoms with E-state index in [1.54, 1.807) is 14.2 Å². The molecule has 0 spiro atoms. The maximum absolute atomic E-state index is 9.58. The summed E-state index contributed by atoms with van der Waals surface area (Å²) in [6, 6.07) is 17.8. The first-order valence-electron chi connectivity index (χ1n) is 8.12. The van der Waals surface area contributed by atoms with Gasteiger partial charge in [-0.05, 0) is 30.7 Å². The number of rotatable bonds is 4. The summed E-state index contributed by atoms with van der Waals surface area (Å²) in [5, 5.41) is 9.58. The van der Waals surface area contributed by atoms with Gasteiger partial charge in [-0.3, -0.25) is 5.73 Å². The number of hydrogen-bond acceptors (Lipinski definition) is 4. The van der Waals surface area contributed by atoms with Crippen LogP contribution in [0.5, 0.6) is 11.5 Å². The number of hydrogen-bond donors (Lipinski definition) is 1. The topological polar surface area (TPSA) is 82.4 Å². The summed E-state index contributed by atoms with van der Waals surface area (Å²) in [5.41, 5.74) is 11.1. The molecule has 0 bridgehead atoms. The number of benzene rings is 2. The number of methoxy groups -OCH3 is 2. The minimum absolute atomic E-state index is 0.329. The third-order valence-corrected chi connectivity index (χ3v) is 4.27. The van der Waals surface area contributed by atoms with Gasteiger partial charge in [0, 0.05) is 11.1 Å². The maximum atomic E-state index is 9.58. The Hall–Kier alpha value is -3.52. The van der Waals surface area contributed by atoms with Crippen molar-refractivity contribution < 1.29 is 14.5 Å². The first-order chi connectivity index (χ1) is 12.6. The van der Waals surface area contributed by atoms with E-state index in [-0.39, 0.29) is 0 Å². The summed E-state index contributed by atoms with van der Waals surface area (Å²) >= 11 is 0. The van der Waals surface area contributed by atoms with Crippen LogP contribution in [0, 0.1) is 18.3 Å². The van der Waals surface area contributed by atoms with Gasteiger partial charge in [0.2, 0.25) is 0 Å². The Morgan fingerprint density at radius 2 is 1.58 bits per heavy atom. The summed E-state index contributed by atoms with van der Waals surface area (Å²) in [5.74, 6) is 1.55. The Morgan fingerprint density at radius 1 is 0.923 bits per heavy atom. The summed E-state index contributed by atoms with van der Waals surface area (Å²) < 4.78 is 10.7. The van der Waals surface area contributed by atoms with Crippen LogP contribution >= 0.6 is 0 Å². The Morgan fingerprint density at radius 3 is 2.19 bits per heavy atom. The highest BCUT2D eigenvalue weighted by Gasteiger charge is 2.18. The molecule has 1 heterocycles. The molecular formula is C21H20N3O2+. The maximum Gasteiger partial charge on any atom is 0.289 e. The van der Waals surface area contributed by atoms with E-state index in [4.69, 9.17) is 15.2 Å². The van der Waals surface area contributed by atoms with Crippen molar-refractivity contribution >= 4 is 5.82 Å². The molecular weight excluding hydrogens is 326 g/mol. The molecule has 5 nitrogen and oxygen atoms in total. The van der Waals surface area contributed by atoms with E-state index in [0.29, 0.717) is 22.9 Å². The molecule has 26 heavy (non-hydrogen) atoms. The van der Waals surface area contributed by atoms with Crippen LogP contribution in [0.1, 0.15) is 11.1 Å². The molecule has 0 amide bonds. The number of nitrogens with zero attached hydrogens (tertiary/aromatic N) is 1. The molecule has 0 unspecified atom stereocenters. The van der Waals surface area contributed by atoms with Gasteiger partial charge >= 0.3 is 0 Å². The van der Waals surface area contributed by atoms with E-state index in [2.05, 4.69) is 11.1 Å². The lowest BCUT2D eigenvalue weighted by Gasteiger charge is -2.11. The molecule has 0 atom stereocenters. The molecule has 5 heteroatoms. The molecule has 2 aromatic carbocycles. The van der Waals surface area contributed by atoms with Gasteiger partial charge < -0.3 is 9.47 Å². The van der Waals surface area contributed by atoms with Crippen LogP contribution in [0.4, 0.5) is 5.82 Å². The number of aromatic nitrogens is 1. The monoisotopic (exact) mass is 346 g/mol. The van der Waals surface area contributed by atoms with Crippen LogP contribution in [0.3, 0.4) is 0 Å². The number of pyridine rings is 1. The second-order valence-electron chi connectivity index (χ2n) is 5.93. The van der Waals surface area contributed by atoms with E-state index >= 15 is 0 Å². The first kappa shape index (κ1) is 17.3. The van der Waals surface area contributed by atoms with Crippen LogP contribution in [-0.2, 0) is 0 Å². The molecule has 3 N–H and O–H groups in total. The van der Waals surface area contributed by atoms with Crippen molar-refractivity contribution in [2.45, 2.75) is 6.92 Å². The van der Waals surface area contributed by atoms with Gasteiger partial charge in [0.1, 0.15) is 17.3 Å². The van der Waals surface area contributed by atoms with Crippen LogP contribution in [-0.4, -0.2) is 14.2 Å². The fourth-order valence-electron chi connectivity index (χ4n) is 2.85. The van der Waals surface area contributed by atoms with Crippen molar-refractivity contribution in [3.63, 3.8) is 0 Å². The number of ether oxygens (including phenoxy) is 2. The average molecular weight is 346 g/mol. The number of anilines is 1. The zero-order chi connectivity index (χ0) is 18.7. The van der Waals surface area contributed by atoms with E-state index in [0.717, 1.165) is 22.4 Å². The molecule has 0 aliphatic heterocycles. The van der Waals surface area contributed by atoms with Crippen LogP contribution < -0.4 is 20.2 Å². The highest BCUT2D eigenvalue weighted by atomic mass is 16.5. The number of H-pyrrole nitrogens is 1. The standard InChI is InChI=1S/C21H19N3O2/c1-13-4-6-14(7-5-13)18-11-16(17(12-22)21(23)24-18)15-8-9-19(25-2)20(10-15)26-3/h4-11H,1-3H3,(H2,23,24)/p+1. The SMILES string of the molecule is COc1ccc(-c2cc(-c3ccc(C)cc3)[nH+]c(N)c2C#N)cc1OC. The lowest BCUT2D eigenvalue weighted by atomic mass is 9.98. The van der Waals surface area contributed by atoms with Crippen molar-refractivity contribution in [3.8, 4) is 40.0 Å². The van der Waals surface area contributed by atoms with Crippen molar-refractivity contribution in [2.24, 2.45) is 0 Å². The predicted molar refractivity (Wildman–Crippen MR) is 101 cm³/mol. The van der Waals surface area contributed by atoms with Gasteiger partial charge in [-0.25, -0.2) is 4.98 Å². The van der Waals surface area contributed by atoms with E-state index < -0.39 is 0 Å². The molecule has 0 saturated heterocycles. The van der Waals surface area contributed by atoms with Crippen molar-refractivity contribution in [1.29, 1.82) is 5.26 Å². The Balaban J connectivity index is 2.20. The zero-order valence-corrected chi connectivity index (χ0v) is 15.0. The average Bonchev–Trinajstić information content (AvgIpc) is 2.67. The van der Waals surface area contributed by atoms with Gasteiger partial charge in [-0.1, -0.05) is 35.9 Å². The number of nitriles is 1. The second-order valence-corrected chi connectivity index (χ2v) is 5.93. The van der Waals surface area contributed by atoms with Crippen molar-refractivity contribution in [1.82, 2.24) is 0 Å². The first-order valence-corrected chi connectivity index (χ1v) is 8.12. The molecule has 130 valence electrons. The van der Waals surface area contributed by atoms with Crippen LogP contribution in [0.15, 0.2) is 48.5 Å². The van der Waals surface area contributed by atoms with Crippen molar-refractivity contribution in [2.75, 3.05) is 20.0 Å². The van der Waals surface area contributed by atoms with Gasteiger partial charge in [0.15, 0.2) is 11.5 Å². The van der Waals surface area contributed by atoms with E-state index in [1.807, 2.05) is 55.5 Å². The highest BCUT2D eigenvalue weighted by molar-refractivity contribution is 5.79. The van der Waals surface area contributed by atoms with Gasteiger partial charge in [0.25, 0.3) is 5.82 Å². The minimum atomic E-state index is 0.329. The van der Waals surface area contributed by atoms with Gasteiger partial charge in [-0.2, -0.15) is 5.26 Å². The third kappa shape index (κ3) is 3.17. The van der Waals surface area contributed by atoms with E-state index in [1.165, 1.54) is 5.56 Å². The lowest BCUT2D eigenvalue weighted by Crippen LogP contribution is -2.16. The molecule has 1 aromatic heterocycles. The summed E-state index contributed by atoms with van der Waals surface area (Å²) in [6.07, 6.45) is 0. The number of nitrogens with two attached hydrogens (primary N) is 1. The predicted octanol–water partition coefficient (Wildman–Crippen LogP) is 3.61. The molecule has 0 radical (unpaired) electrons. The molecule has 0 saturated carbocycles. The lowest BCUT2D eigenvalue weighted by molar-refractivity contribution is -0.346. The summed E-state index contributed by atoms with van der Waals surface area (Å²) in [4.78, 5) is 3.12. The molecule has 3 aromatic rings. The normalized spacial score (nSPS) is 10.2. The number of aryl methyl sites for hydroxylation is 1. The molecule has 0 aliphatic rings. The fourth-order valence-corrected chi connectivity index (χ4v) is 2.85. The Labute approximate surface area is 152 Å². The zero-order valence-electron chi connectivity index (χ0n) is 15.0. The number of aromatic amines is 1. The Bertz CT molecular complexity index is 989. The summed E-state index contributed by atoms with van der Waals surface area (Å²) in [7, 11) is 3.17. The summed E-state index contributed by atoms with van der Waals surface area (Å²) in [6.45, 7) is 2.04. The van der Waals surface area contributed by atoms with Gasteiger partial charge in [-0.15, -0.1) is 0 Å². The van der Waals surface area contributed by atoms with Crippen molar-refractivity contribution in [3.05, 3.63) is 59.7 Å². The quantitative estimate of drug-likeness (QED) is 0.782. The second kappa shape index (κ2) is 7.16. The minimum Gasteiger partial charge on any atom is -0.493 e. The van der Waals surface area contributed by atoms with Gasteiger partial charge in [0.05, 0.1) is 14.2 Å². The largest absolute Gasteiger partial charge is 0.493 e. The third-order valence-electron chi connectivity index (χ3n) is 4.27. The van der Waals surface area contributed by atoms with Crippen LogP contribution in [0.25, 0.3) is 22.4 Å². The number of nitrogen functional groups attached to an aromatic ring is 1. The molecule has 0 aliphatic carbocycles. The molecule has 0 fully saturated rings.